The second-order valence-electron chi connectivity index (χ2n) is 5.94. The molecule has 0 atom stereocenters. The lowest BCUT2D eigenvalue weighted by Gasteiger charge is -2.08. The average molecular weight is 414 g/mol. The van der Waals surface area contributed by atoms with E-state index in [2.05, 4.69) is 10.4 Å². The first-order valence-electron chi connectivity index (χ1n) is 8.55. The molecule has 3 rings (SSSR count). The summed E-state index contributed by atoms with van der Waals surface area (Å²) < 4.78 is 29.0. The number of benzene rings is 2. The monoisotopic (exact) mass is 414 g/mol. The fourth-order valence-electron chi connectivity index (χ4n) is 2.51. The summed E-state index contributed by atoms with van der Waals surface area (Å²) in [4.78, 5) is 24.1. The van der Waals surface area contributed by atoms with E-state index < -0.39 is 21.9 Å². The number of hydrogen-bond acceptors (Lipinski definition) is 6. The van der Waals surface area contributed by atoms with Crippen molar-refractivity contribution < 1.29 is 22.7 Å². The van der Waals surface area contributed by atoms with Gasteiger partial charge in [0, 0.05) is 17.4 Å². The van der Waals surface area contributed by atoms with Gasteiger partial charge in [0.15, 0.2) is 5.69 Å². The van der Waals surface area contributed by atoms with Crippen molar-refractivity contribution in [1.82, 2.24) is 9.78 Å². The average Bonchev–Trinajstić information content (AvgIpc) is 3.18. The van der Waals surface area contributed by atoms with Crippen LogP contribution in [0.5, 0.6) is 0 Å². The Bertz CT molecular complexity index is 1150. The van der Waals surface area contributed by atoms with Crippen molar-refractivity contribution in [2.75, 3.05) is 11.9 Å². The summed E-state index contributed by atoms with van der Waals surface area (Å²) in [5, 5.41) is 11.9. The van der Waals surface area contributed by atoms with E-state index >= 15 is 0 Å². The maximum Gasteiger partial charge on any atom is 0.358 e. The molecule has 9 nitrogen and oxygen atoms in total. The Hall–Kier alpha value is -3.50. The van der Waals surface area contributed by atoms with Gasteiger partial charge >= 0.3 is 5.97 Å². The van der Waals surface area contributed by atoms with Crippen LogP contribution in [-0.2, 0) is 14.8 Å². The van der Waals surface area contributed by atoms with Crippen LogP contribution in [0.15, 0.2) is 65.7 Å². The van der Waals surface area contributed by atoms with E-state index in [1.165, 1.54) is 35.0 Å². The molecule has 0 saturated heterocycles. The lowest BCUT2D eigenvalue weighted by atomic mass is 10.2. The Morgan fingerprint density at radius 1 is 1.14 bits per heavy atom. The molecule has 0 radical (unpaired) electrons. The maximum absolute atomic E-state index is 12.4. The number of esters is 1. The van der Waals surface area contributed by atoms with Gasteiger partial charge in [-0.2, -0.15) is 5.10 Å². The molecule has 3 N–H and O–H groups in total. The summed E-state index contributed by atoms with van der Waals surface area (Å²) in [5.74, 6) is -0.936. The number of carbonyl (C=O) groups is 2. The van der Waals surface area contributed by atoms with Crippen LogP contribution < -0.4 is 10.5 Å². The van der Waals surface area contributed by atoms with Gasteiger partial charge < -0.3 is 10.1 Å². The molecule has 0 saturated carbocycles. The fourth-order valence-corrected chi connectivity index (χ4v) is 3.02. The second kappa shape index (κ2) is 8.25. The third-order valence-corrected chi connectivity index (χ3v) is 4.82. The van der Waals surface area contributed by atoms with Gasteiger partial charge in [-0.25, -0.2) is 23.0 Å². The molecule has 1 amide bonds. The number of anilines is 1. The molecule has 150 valence electrons. The van der Waals surface area contributed by atoms with E-state index in [4.69, 9.17) is 9.88 Å². The first-order valence-corrected chi connectivity index (χ1v) is 10.1. The van der Waals surface area contributed by atoms with Gasteiger partial charge in [-0.3, -0.25) is 4.79 Å². The molecular weight excluding hydrogens is 396 g/mol. The maximum atomic E-state index is 12.4. The predicted molar refractivity (Wildman–Crippen MR) is 105 cm³/mol. The summed E-state index contributed by atoms with van der Waals surface area (Å²) in [7, 11) is -3.82. The lowest BCUT2D eigenvalue weighted by Crippen LogP contribution is -2.14. The van der Waals surface area contributed by atoms with Crippen LogP contribution in [0.25, 0.3) is 5.69 Å². The summed E-state index contributed by atoms with van der Waals surface area (Å²) in [6.07, 6.45) is 1.61. The van der Waals surface area contributed by atoms with Gasteiger partial charge in [0.1, 0.15) is 0 Å². The van der Waals surface area contributed by atoms with E-state index in [1.807, 2.05) is 0 Å². The number of amides is 1. The number of ether oxygens (including phenoxy) is 1. The standard InChI is InChI=1S/C19H18N4O5S/c1-2-28-19(25)17-10-11-23(22-17)15-5-3-4-14(12-15)21-18(24)13-6-8-16(9-7-13)29(20,26)27/h3-12H,2H2,1H3,(H,21,24)(H2,20,26,27). The molecule has 0 aliphatic carbocycles. The zero-order valence-corrected chi connectivity index (χ0v) is 16.2. The van der Waals surface area contributed by atoms with Gasteiger partial charge in [-0.1, -0.05) is 6.07 Å². The van der Waals surface area contributed by atoms with Crippen LogP contribution in [0.1, 0.15) is 27.8 Å². The number of rotatable bonds is 6. The van der Waals surface area contributed by atoms with Crippen LogP contribution in [0.3, 0.4) is 0 Å². The Kier molecular flexibility index (Phi) is 5.76. The highest BCUT2D eigenvalue weighted by Gasteiger charge is 2.13. The first kappa shape index (κ1) is 20.2. The molecule has 0 aliphatic rings. The quantitative estimate of drug-likeness (QED) is 0.592. The van der Waals surface area contributed by atoms with E-state index in [9.17, 15) is 18.0 Å². The van der Waals surface area contributed by atoms with Crippen molar-refractivity contribution in [2.24, 2.45) is 5.14 Å². The molecule has 1 aromatic heterocycles. The number of nitrogens with zero attached hydrogens (tertiary/aromatic N) is 2. The first-order chi connectivity index (χ1) is 13.8. The van der Waals surface area contributed by atoms with Gasteiger partial charge in [-0.05, 0) is 55.5 Å². The zero-order chi connectivity index (χ0) is 21.0. The van der Waals surface area contributed by atoms with Crippen LogP contribution in [0.4, 0.5) is 5.69 Å². The van der Waals surface area contributed by atoms with Crippen LogP contribution in [0.2, 0.25) is 0 Å². The second-order valence-corrected chi connectivity index (χ2v) is 7.50. The molecule has 0 bridgehead atoms. The van der Waals surface area contributed by atoms with E-state index in [0.717, 1.165) is 0 Å². The third-order valence-electron chi connectivity index (χ3n) is 3.89. The SMILES string of the molecule is CCOC(=O)c1ccn(-c2cccc(NC(=O)c3ccc(S(N)(=O)=O)cc3)c2)n1. The predicted octanol–water partition coefficient (Wildman–Crippen LogP) is 1.95. The number of sulfonamides is 1. The molecule has 29 heavy (non-hydrogen) atoms. The lowest BCUT2D eigenvalue weighted by molar-refractivity contribution is 0.0519. The minimum atomic E-state index is -3.82. The summed E-state index contributed by atoms with van der Waals surface area (Å²) in [6.45, 7) is 1.97. The highest BCUT2D eigenvalue weighted by Crippen LogP contribution is 2.17. The minimum absolute atomic E-state index is 0.0767. The highest BCUT2D eigenvalue weighted by molar-refractivity contribution is 7.89. The number of aromatic nitrogens is 2. The third kappa shape index (κ3) is 4.86. The number of hydrogen-bond donors (Lipinski definition) is 2. The Balaban J connectivity index is 1.76. The molecule has 10 heteroatoms. The van der Waals surface area contributed by atoms with Gasteiger partial charge in [0.25, 0.3) is 5.91 Å². The van der Waals surface area contributed by atoms with Crippen LogP contribution in [0, 0.1) is 0 Å². The van der Waals surface area contributed by atoms with Crippen molar-refractivity contribution in [2.45, 2.75) is 11.8 Å². The number of carbonyl (C=O) groups excluding carboxylic acids is 2. The summed E-state index contributed by atoms with van der Waals surface area (Å²) >= 11 is 0. The molecule has 0 fully saturated rings. The molecule has 0 aliphatic heterocycles. The van der Waals surface area contributed by atoms with E-state index in [0.29, 0.717) is 11.4 Å². The number of primary sulfonamides is 1. The van der Waals surface area contributed by atoms with E-state index in [1.54, 1.807) is 37.4 Å². The zero-order valence-electron chi connectivity index (χ0n) is 15.4. The van der Waals surface area contributed by atoms with E-state index in [-0.39, 0.29) is 22.8 Å². The van der Waals surface area contributed by atoms with Crippen molar-refractivity contribution in [3.63, 3.8) is 0 Å². The topological polar surface area (TPSA) is 133 Å². The molecule has 1 heterocycles. The number of nitrogens with two attached hydrogens (primary N) is 1. The fraction of sp³-hybridized carbons (Fsp3) is 0.105. The smallest absolute Gasteiger partial charge is 0.358 e. The van der Waals surface area contributed by atoms with Crippen molar-refractivity contribution in [3.05, 3.63) is 72.1 Å². The van der Waals surface area contributed by atoms with Crippen LogP contribution >= 0.6 is 0 Å². The normalized spacial score (nSPS) is 11.1. The Labute approximate surface area is 167 Å². The van der Waals surface area contributed by atoms with Gasteiger partial charge in [-0.15, -0.1) is 0 Å². The Morgan fingerprint density at radius 3 is 2.52 bits per heavy atom. The molecule has 3 aromatic rings. The van der Waals surface area contributed by atoms with Crippen molar-refractivity contribution in [1.29, 1.82) is 0 Å². The molecule has 0 unspecified atom stereocenters. The molecule has 2 aromatic carbocycles. The summed E-state index contributed by atoms with van der Waals surface area (Å²) in [5.41, 5.74) is 1.57. The molecular formula is C19H18N4O5S. The Morgan fingerprint density at radius 2 is 1.86 bits per heavy atom. The van der Waals surface area contributed by atoms with Gasteiger partial charge in [0.05, 0.1) is 17.2 Å². The highest BCUT2D eigenvalue weighted by atomic mass is 32.2. The minimum Gasteiger partial charge on any atom is -0.461 e. The summed E-state index contributed by atoms with van der Waals surface area (Å²) in [6, 6.07) is 13.7. The largest absolute Gasteiger partial charge is 0.461 e. The van der Waals surface area contributed by atoms with Crippen molar-refractivity contribution >= 4 is 27.6 Å². The van der Waals surface area contributed by atoms with Crippen LogP contribution in [-0.4, -0.2) is 36.7 Å². The van der Waals surface area contributed by atoms with Gasteiger partial charge in [0.2, 0.25) is 10.0 Å². The van der Waals surface area contributed by atoms with Crippen molar-refractivity contribution in [3.8, 4) is 5.69 Å². The number of nitrogens with one attached hydrogen (secondary N) is 1. The molecule has 0 spiro atoms.